The minimum absolute atomic E-state index is 0.302. The van der Waals surface area contributed by atoms with Crippen molar-refractivity contribution in [2.75, 3.05) is 19.0 Å². The van der Waals surface area contributed by atoms with Crippen molar-refractivity contribution < 1.29 is 9.26 Å². The van der Waals surface area contributed by atoms with Crippen molar-refractivity contribution in [3.05, 3.63) is 59.4 Å². The number of hydrogen-bond acceptors (Lipinski definition) is 5. The van der Waals surface area contributed by atoms with Gasteiger partial charge >= 0.3 is 0 Å². The molecule has 0 saturated carbocycles. The summed E-state index contributed by atoms with van der Waals surface area (Å²) < 4.78 is 10.4. The number of nitrogens with zero attached hydrogens (tertiary/aromatic N) is 3. The zero-order valence-electron chi connectivity index (χ0n) is 14.1. The molecule has 0 spiro atoms. The summed E-state index contributed by atoms with van der Waals surface area (Å²) in [5.41, 5.74) is 7.53. The van der Waals surface area contributed by atoms with Gasteiger partial charge in [-0.25, -0.2) is 0 Å². The molecule has 8 heteroatoms. The predicted octanol–water partition coefficient (Wildman–Crippen LogP) is 3.37. The first-order valence-corrected chi connectivity index (χ1v) is 8.31. The molecular formula is C18H18ClN5O2. The third-order valence-corrected chi connectivity index (χ3v) is 3.77. The van der Waals surface area contributed by atoms with Crippen molar-refractivity contribution in [1.29, 1.82) is 0 Å². The van der Waals surface area contributed by atoms with Gasteiger partial charge < -0.3 is 20.3 Å². The zero-order chi connectivity index (χ0) is 18.4. The molecule has 0 atom stereocenters. The molecule has 0 amide bonds. The number of aliphatic imine (C=N–C) groups is 1. The van der Waals surface area contributed by atoms with E-state index in [1.54, 1.807) is 19.2 Å². The highest BCUT2D eigenvalue weighted by Gasteiger charge is 2.08. The molecule has 0 aliphatic rings. The molecule has 0 fully saturated rings. The summed E-state index contributed by atoms with van der Waals surface area (Å²) >= 11 is 5.87. The van der Waals surface area contributed by atoms with Crippen LogP contribution in [0.15, 0.2) is 58.0 Å². The molecule has 0 aliphatic carbocycles. The van der Waals surface area contributed by atoms with Crippen LogP contribution >= 0.6 is 11.6 Å². The number of rotatable bonds is 6. The van der Waals surface area contributed by atoms with E-state index in [0.29, 0.717) is 35.7 Å². The number of halogens is 1. The second-order valence-electron chi connectivity index (χ2n) is 5.39. The number of guanidine groups is 1. The van der Waals surface area contributed by atoms with Gasteiger partial charge in [-0.1, -0.05) is 22.8 Å². The van der Waals surface area contributed by atoms with E-state index in [4.69, 9.17) is 26.6 Å². The fourth-order valence-electron chi connectivity index (χ4n) is 2.23. The molecule has 7 nitrogen and oxygen atoms in total. The maximum Gasteiger partial charge on any atom is 0.228 e. The Morgan fingerprint density at radius 3 is 2.85 bits per heavy atom. The van der Waals surface area contributed by atoms with Crippen LogP contribution in [0.1, 0.15) is 5.89 Å². The van der Waals surface area contributed by atoms with Crippen LogP contribution in [-0.4, -0.2) is 29.8 Å². The van der Waals surface area contributed by atoms with Crippen LogP contribution in [0, 0.1) is 0 Å². The van der Waals surface area contributed by atoms with Crippen molar-refractivity contribution in [2.24, 2.45) is 10.7 Å². The third-order valence-electron chi connectivity index (χ3n) is 3.52. The number of aromatic nitrogens is 2. The quantitative estimate of drug-likeness (QED) is 0.509. The van der Waals surface area contributed by atoms with Gasteiger partial charge in [0, 0.05) is 28.8 Å². The van der Waals surface area contributed by atoms with Crippen LogP contribution in [0.25, 0.3) is 11.4 Å². The first kappa shape index (κ1) is 17.8. The lowest BCUT2D eigenvalue weighted by Gasteiger charge is -2.06. The summed E-state index contributed by atoms with van der Waals surface area (Å²) in [4.78, 5) is 8.61. The van der Waals surface area contributed by atoms with Crippen molar-refractivity contribution in [3.63, 3.8) is 0 Å². The zero-order valence-corrected chi connectivity index (χ0v) is 14.9. The molecule has 2 aromatic carbocycles. The van der Waals surface area contributed by atoms with Crippen molar-refractivity contribution in [2.45, 2.75) is 6.42 Å². The van der Waals surface area contributed by atoms with Gasteiger partial charge in [0.05, 0.1) is 13.7 Å². The van der Waals surface area contributed by atoms with Gasteiger partial charge in [0.2, 0.25) is 11.7 Å². The lowest BCUT2D eigenvalue weighted by molar-refractivity contribution is 0.380. The van der Waals surface area contributed by atoms with Gasteiger partial charge in [0.25, 0.3) is 0 Å². The summed E-state index contributed by atoms with van der Waals surface area (Å²) in [6, 6.07) is 14.7. The molecule has 0 bridgehead atoms. The summed E-state index contributed by atoms with van der Waals surface area (Å²) in [6.45, 7) is 0.422. The van der Waals surface area contributed by atoms with Gasteiger partial charge in [-0.3, -0.25) is 4.99 Å². The van der Waals surface area contributed by atoms with Crippen LogP contribution in [0.2, 0.25) is 5.02 Å². The molecule has 0 radical (unpaired) electrons. The van der Waals surface area contributed by atoms with Gasteiger partial charge in [0.1, 0.15) is 5.75 Å². The minimum Gasteiger partial charge on any atom is -0.497 e. The average molecular weight is 372 g/mol. The third kappa shape index (κ3) is 4.73. The Morgan fingerprint density at radius 2 is 2.08 bits per heavy atom. The molecule has 0 aliphatic heterocycles. The van der Waals surface area contributed by atoms with Crippen LogP contribution < -0.4 is 15.8 Å². The monoisotopic (exact) mass is 371 g/mol. The van der Waals surface area contributed by atoms with Crippen molar-refractivity contribution in [1.82, 2.24) is 10.1 Å². The summed E-state index contributed by atoms with van der Waals surface area (Å²) in [6.07, 6.45) is 0.487. The highest BCUT2D eigenvalue weighted by molar-refractivity contribution is 6.30. The maximum atomic E-state index is 5.89. The second-order valence-corrected chi connectivity index (χ2v) is 5.83. The van der Waals surface area contributed by atoms with E-state index >= 15 is 0 Å². The molecule has 3 rings (SSSR count). The average Bonchev–Trinajstić information content (AvgIpc) is 3.11. The number of hydrogen-bond donors (Lipinski definition) is 2. The summed E-state index contributed by atoms with van der Waals surface area (Å²) in [5.74, 6) is 2.05. The molecule has 1 aromatic heterocycles. The first-order valence-electron chi connectivity index (χ1n) is 7.93. The molecule has 26 heavy (non-hydrogen) atoms. The molecule has 0 unspecified atom stereocenters. The largest absolute Gasteiger partial charge is 0.497 e. The second kappa shape index (κ2) is 8.35. The normalized spacial score (nSPS) is 11.4. The molecule has 134 valence electrons. The number of methoxy groups -OCH3 is 1. The Balaban J connectivity index is 1.55. The lowest BCUT2D eigenvalue weighted by atomic mass is 10.2. The number of nitrogens with one attached hydrogen (secondary N) is 1. The highest BCUT2D eigenvalue weighted by atomic mass is 35.5. The van der Waals surface area contributed by atoms with E-state index in [-0.39, 0.29) is 0 Å². The smallest absolute Gasteiger partial charge is 0.228 e. The topological polar surface area (TPSA) is 98.6 Å². The molecule has 1 heterocycles. The van der Waals surface area contributed by atoms with E-state index in [0.717, 1.165) is 17.0 Å². The maximum absolute atomic E-state index is 5.89. The van der Waals surface area contributed by atoms with Crippen molar-refractivity contribution in [3.8, 4) is 17.1 Å². The highest BCUT2D eigenvalue weighted by Crippen LogP contribution is 2.19. The van der Waals surface area contributed by atoms with E-state index in [1.165, 1.54) is 0 Å². The standard InChI is InChI=1S/C18H18ClN5O2/c1-25-15-4-2-3-14(11-15)22-18(20)21-10-9-16-23-17(24-26-16)12-5-7-13(19)8-6-12/h2-8,11H,9-10H2,1H3,(H3,20,21,22). The van der Waals surface area contributed by atoms with E-state index in [9.17, 15) is 0 Å². The van der Waals surface area contributed by atoms with Gasteiger partial charge in [-0.15, -0.1) is 0 Å². The van der Waals surface area contributed by atoms with Crippen LogP contribution in [0.4, 0.5) is 5.69 Å². The minimum atomic E-state index is 0.302. The Morgan fingerprint density at radius 1 is 1.27 bits per heavy atom. The Hall–Kier alpha value is -3.06. The van der Waals surface area contributed by atoms with Gasteiger partial charge in [-0.05, 0) is 36.4 Å². The van der Waals surface area contributed by atoms with Crippen LogP contribution in [-0.2, 0) is 6.42 Å². The summed E-state index contributed by atoms with van der Waals surface area (Å²) in [7, 11) is 1.61. The Bertz CT molecular complexity index is 893. The van der Waals surface area contributed by atoms with E-state index in [2.05, 4.69) is 20.4 Å². The van der Waals surface area contributed by atoms with Crippen LogP contribution in [0.5, 0.6) is 5.75 Å². The predicted molar refractivity (Wildman–Crippen MR) is 102 cm³/mol. The molecular weight excluding hydrogens is 354 g/mol. The fourth-order valence-corrected chi connectivity index (χ4v) is 2.36. The van der Waals surface area contributed by atoms with Crippen molar-refractivity contribution >= 4 is 23.2 Å². The van der Waals surface area contributed by atoms with Crippen LogP contribution in [0.3, 0.4) is 0 Å². The van der Waals surface area contributed by atoms with Gasteiger partial charge in [0.15, 0.2) is 5.96 Å². The molecule has 3 N–H and O–H groups in total. The van der Waals surface area contributed by atoms with E-state index < -0.39 is 0 Å². The van der Waals surface area contributed by atoms with E-state index in [1.807, 2.05) is 36.4 Å². The molecule has 0 saturated heterocycles. The summed E-state index contributed by atoms with van der Waals surface area (Å²) in [5, 5.41) is 7.63. The Kier molecular flexibility index (Phi) is 5.70. The number of benzene rings is 2. The van der Waals surface area contributed by atoms with Gasteiger partial charge in [-0.2, -0.15) is 4.98 Å². The lowest BCUT2D eigenvalue weighted by Crippen LogP contribution is -2.23. The number of ether oxygens (including phenoxy) is 1. The molecule has 3 aromatic rings. The first-order chi connectivity index (χ1) is 12.6. The number of anilines is 1. The Labute approximate surface area is 155 Å². The fraction of sp³-hybridized carbons (Fsp3) is 0.167. The number of nitrogens with two attached hydrogens (primary N) is 1. The SMILES string of the molecule is COc1cccc(NC(N)=NCCc2nc(-c3ccc(Cl)cc3)no2)c1.